The van der Waals surface area contributed by atoms with Crippen LogP contribution >= 0.6 is 11.3 Å². The zero-order valence-electron chi connectivity index (χ0n) is 8.82. The third-order valence-electron chi connectivity index (χ3n) is 2.25. The van der Waals surface area contributed by atoms with Crippen LogP contribution in [-0.2, 0) is 0 Å². The predicted octanol–water partition coefficient (Wildman–Crippen LogP) is 1.57. The highest BCUT2D eigenvalue weighted by Crippen LogP contribution is 2.25. The van der Waals surface area contributed by atoms with Gasteiger partial charge in [0.25, 0.3) is 0 Å². The number of rotatable bonds is 3. The Balaban J connectivity index is 2.32. The molecule has 0 fully saturated rings. The Hall–Kier alpha value is -1.20. The smallest absolute Gasteiger partial charge is 0.103 e. The average molecular weight is 222 g/mol. The molecule has 0 spiro atoms. The van der Waals surface area contributed by atoms with Gasteiger partial charge in [-0.05, 0) is 19.9 Å². The van der Waals surface area contributed by atoms with Gasteiger partial charge in [0, 0.05) is 23.3 Å². The second-order valence-corrected chi connectivity index (χ2v) is 4.48. The van der Waals surface area contributed by atoms with Crippen LogP contribution in [0.1, 0.15) is 28.0 Å². The summed E-state index contributed by atoms with van der Waals surface area (Å²) in [5.41, 5.74) is 8.84. The highest BCUT2D eigenvalue weighted by atomic mass is 32.1. The van der Waals surface area contributed by atoms with Gasteiger partial charge in [-0.25, -0.2) is 4.98 Å². The van der Waals surface area contributed by atoms with E-state index in [0.717, 1.165) is 22.1 Å². The van der Waals surface area contributed by atoms with Crippen molar-refractivity contribution in [1.82, 2.24) is 15.2 Å². The van der Waals surface area contributed by atoms with Crippen LogP contribution in [0.3, 0.4) is 0 Å². The molecule has 0 aromatic carbocycles. The minimum atomic E-state index is 0.119. The lowest BCUT2D eigenvalue weighted by Crippen LogP contribution is -2.14. The summed E-state index contributed by atoms with van der Waals surface area (Å²) >= 11 is 1.64. The number of hydrogen-bond acceptors (Lipinski definition) is 4. The minimum Gasteiger partial charge on any atom is -0.329 e. The molecule has 0 aliphatic carbocycles. The van der Waals surface area contributed by atoms with E-state index in [1.165, 1.54) is 0 Å². The molecule has 0 amide bonds. The van der Waals surface area contributed by atoms with Crippen molar-refractivity contribution in [1.29, 1.82) is 0 Å². The summed E-state index contributed by atoms with van der Waals surface area (Å²) in [4.78, 5) is 4.45. The van der Waals surface area contributed by atoms with Crippen molar-refractivity contribution in [2.75, 3.05) is 6.54 Å². The highest BCUT2D eigenvalue weighted by Gasteiger charge is 2.18. The van der Waals surface area contributed by atoms with E-state index in [9.17, 15) is 0 Å². The van der Waals surface area contributed by atoms with E-state index >= 15 is 0 Å². The molecule has 80 valence electrons. The van der Waals surface area contributed by atoms with Gasteiger partial charge in [0.1, 0.15) is 5.01 Å². The monoisotopic (exact) mass is 222 g/mol. The van der Waals surface area contributed by atoms with Gasteiger partial charge in [0.05, 0.1) is 11.6 Å². The van der Waals surface area contributed by atoms with Crippen molar-refractivity contribution >= 4 is 11.3 Å². The average Bonchev–Trinajstić information content (AvgIpc) is 2.78. The van der Waals surface area contributed by atoms with E-state index in [1.807, 2.05) is 25.3 Å². The zero-order chi connectivity index (χ0) is 10.8. The predicted molar refractivity (Wildman–Crippen MR) is 61.1 cm³/mol. The van der Waals surface area contributed by atoms with E-state index in [2.05, 4.69) is 15.2 Å². The zero-order valence-corrected chi connectivity index (χ0v) is 9.64. The second-order valence-electron chi connectivity index (χ2n) is 3.59. The Bertz CT molecular complexity index is 405. The van der Waals surface area contributed by atoms with Crippen LogP contribution in [0, 0.1) is 13.8 Å². The first kappa shape index (κ1) is 10.3. The normalized spacial score (nSPS) is 13.0. The van der Waals surface area contributed by atoms with E-state index in [-0.39, 0.29) is 5.92 Å². The van der Waals surface area contributed by atoms with Crippen LogP contribution in [-0.4, -0.2) is 21.7 Å². The van der Waals surface area contributed by atoms with Crippen LogP contribution < -0.4 is 5.73 Å². The first-order valence-corrected chi connectivity index (χ1v) is 5.72. The molecular weight excluding hydrogens is 208 g/mol. The molecule has 0 aliphatic rings. The lowest BCUT2D eigenvalue weighted by Gasteiger charge is -2.07. The van der Waals surface area contributed by atoms with Crippen LogP contribution in [0.4, 0.5) is 0 Å². The van der Waals surface area contributed by atoms with E-state index in [4.69, 9.17) is 5.73 Å². The van der Waals surface area contributed by atoms with Crippen molar-refractivity contribution in [2.24, 2.45) is 5.73 Å². The fourth-order valence-electron chi connectivity index (χ4n) is 1.50. The number of thiazole rings is 1. The van der Waals surface area contributed by atoms with Crippen LogP contribution in [0.2, 0.25) is 0 Å². The molecule has 1 atom stereocenters. The maximum absolute atomic E-state index is 5.77. The van der Waals surface area contributed by atoms with Crippen LogP contribution in [0.15, 0.2) is 11.4 Å². The Morgan fingerprint density at radius 1 is 1.53 bits per heavy atom. The number of H-pyrrole nitrogens is 1. The molecule has 4 nitrogen and oxygen atoms in total. The summed E-state index contributed by atoms with van der Waals surface area (Å²) in [6.07, 6.45) is 0. The molecule has 0 bridgehead atoms. The SMILES string of the molecule is Cc1csc(C(CN)c2cc(C)[nH]n2)n1. The maximum Gasteiger partial charge on any atom is 0.103 e. The number of hydrogen-bond donors (Lipinski definition) is 2. The maximum atomic E-state index is 5.77. The summed E-state index contributed by atoms with van der Waals surface area (Å²) in [7, 11) is 0. The van der Waals surface area contributed by atoms with Crippen LogP contribution in [0.25, 0.3) is 0 Å². The first-order chi connectivity index (χ1) is 7.20. The van der Waals surface area contributed by atoms with Crippen molar-refractivity contribution in [3.05, 3.63) is 33.5 Å². The summed E-state index contributed by atoms with van der Waals surface area (Å²) in [5.74, 6) is 0.119. The van der Waals surface area contributed by atoms with Gasteiger partial charge < -0.3 is 5.73 Å². The van der Waals surface area contributed by atoms with E-state index in [1.54, 1.807) is 11.3 Å². The summed E-state index contributed by atoms with van der Waals surface area (Å²) in [6, 6.07) is 2.02. The molecule has 2 rings (SSSR count). The molecule has 0 aliphatic heterocycles. The molecule has 0 saturated carbocycles. The number of aryl methyl sites for hydroxylation is 2. The standard InChI is InChI=1S/C10H14N4S/c1-6-3-9(14-13-6)8(4-11)10-12-7(2)5-15-10/h3,5,8H,4,11H2,1-2H3,(H,13,14). The van der Waals surface area contributed by atoms with Gasteiger partial charge in [-0.3, -0.25) is 5.10 Å². The number of aromatic amines is 1. The molecular formula is C10H14N4S. The van der Waals surface area contributed by atoms with Gasteiger partial charge >= 0.3 is 0 Å². The summed E-state index contributed by atoms with van der Waals surface area (Å²) in [5, 5.41) is 10.2. The Labute approximate surface area is 92.5 Å². The molecule has 1 unspecified atom stereocenters. The molecule has 3 N–H and O–H groups in total. The second kappa shape index (κ2) is 4.12. The third-order valence-corrected chi connectivity index (χ3v) is 3.33. The Morgan fingerprint density at radius 2 is 2.33 bits per heavy atom. The molecule has 2 heterocycles. The van der Waals surface area contributed by atoms with Gasteiger partial charge in [-0.15, -0.1) is 11.3 Å². The van der Waals surface area contributed by atoms with Crippen LogP contribution in [0.5, 0.6) is 0 Å². The molecule has 0 saturated heterocycles. The molecule has 2 aromatic rings. The van der Waals surface area contributed by atoms with Crippen molar-refractivity contribution < 1.29 is 0 Å². The fraction of sp³-hybridized carbons (Fsp3) is 0.400. The fourth-order valence-corrected chi connectivity index (χ4v) is 2.42. The highest BCUT2D eigenvalue weighted by molar-refractivity contribution is 7.09. The van der Waals surface area contributed by atoms with Crippen molar-refractivity contribution in [2.45, 2.75) is 19.8 Å². The number of nitrogens with two attached hydrogens (primary N) is 1. The number of nitrogens with zero attached hydrogens (tertiary/aromatic N) is 2. The minimum absolute atomic E-state index is 0.119. The van der Waals surface area contributed by atoms with Gasteiger partial charge in [0.2, 0.25) is 0 Å². The number of aromatic nitrogens is 3. The molecule has 5 heteroatoms. The van der Waals surface area contributed by atoms with Gasteiger partial charge in [-0.1, -0.05) is 0 Å². The van der Waals surface area contributed by atoms with Crippen molar-refractivity contribution in [3.63, 3.8) is 0 Å². The first-order valence-electron chi connectivity index (χ1n) is 4.84. The molecule has 15 heavy (non-hydrogen) atoms. The molecule has 2 aromatic heterocycles. The number of nitrogens with one attached hydrogen (secondary N) is 1. The lowest BCUT2D eigenvalue weighted by atomic mass is 10.1. The van der Waals surface area contributed by atoms with Gasteiger partial charge in [0.15, 0.2) is 0 Å². The summed E-state index contributed by atoms with van der Waals surface area (Å²) in [6.45, 7) is 4.51. The van der Waals surface area contributed by atoms with Gasteiger partial charge in [-0.2, -0.15) is 5.10 Å². The summed E-state index contributed by atoms with van der Waals surface area (Å²) < 4.78 is 0. The van der Waals surface area contributed by atoms with E-state index < -0.39 is 0 Å². The molecule has 0 radical (unpaired) electrons. The topological polar surface area (TPSA) is 67.6 Å². The largest absolute Gasteiger partial charge is 0.329 e. The Morgan fingerprint density at radius 3 is 2.80 bits per heavy atom. The Kier molecular flexibility index (Phi) is 2.83. The quantitative estimate of drug-likeness (QED) is 0.828. The van der Waals surface area contributed by atoms with E-state index in [0.29, 0.717) is 6.54 Å². The lowest BCUT2D eigenvalue weighted by molar-refractivity contribution is 0.769. The third kappa shape index (κ3) is 2.08. The van der Waals surface area contributed by atoms with Crippen molar-refractivity contribution in [3.8, 4) is 0 Å².